The van der Waals surface area contributed by atoms with Gasteiger partial charge in [0.1, 0.15) is 5.69 Å². The molecule has 0 atom stereocenters. The van der Waals surface area contributed by atoms with Gasteiger partial charge in [-0.1, -0.05) is 0 Å². The number of ether oxygens (including phenoxy) is 1. The normalized spacial score (nSPS) is 14.4. The number of nitro groups is 1. The van der Waals surface area contributed by atoms with Crippen molar-refractivity contribution in [2.24, 2.45) is 0 Å². The molecule has 1 aliphatic heterocycles. The highest BCUT2D eigenvalue weighted by atomic mass is 16.6. The van der Waals surface area contributed by atoms with Crippen molar-refractivity contribution >= 4 is 23.0 Å². The zero-order valence-corrected chi connectivity index (χ0v) is 14.0. The van der Waals surface area contributed by atoms with Crippen LogP contribution < -0.4 is 20.3 Å². The lowest BCUT2D eigenvalue weighted by molar-refractivity contribution is -0.384. The number of nitro benzene ring substituents is 1. The minimum Gasteiger partial charge on any atom is -0.478 e. The van der Waals surface area contributed by atoms with Crippen LogP contribution in [0.2, 0.25) is 0 Å². The number of hydrogen-bond acceptors (Lipinski definition) is 8. The second-order valence-electron chi connectivity index (χ2n) is 5.61. The summed E-state index contributed by atoms with van der Waals surface area (Å²) in [6.07, 6.45) is 1.67. The van der Waals surface area contributed by atoms with Gasteiger partial charge in [-0.05, 0) is 19.1 Å². The van der Waals surface area contributed by atoms with Crippen LogP contribution in [0.3, 0.4) is 0 Å². The summed E-state index contributed by atoms with van der Waals surface area (Å²) in [7, 11) is 0. The number of benzene rings is 1. The standard InChI is InChI=1S/C16H20N6O3/c1-2-25-15-5-6-18-16(19-15)21-9-7-20(8-10-21)14-11-12(17)3-4-13(14)22(23)24/h3-6,11H,2,7-10,17H2,1H3. The van der Waals surface area contributed by atoms with Crippen molar-refractivity contribution in [2.45, 2.75) is 6.92 Å². The second kappa shape index (κ2) is 7.20. The van der Waals surface area contributed by atoms with E-state index in [9.17, 15) is 10.1 Å². The summed E-state index contributed by atoms with van der Waals surface area (Å²) in [5, 5.41) is 11.3. The molecule has 0 unspecified atom stereocenters. The molecule has 25 heavy (non-hydrogen) atoms. The summed E-state index contributed by atoms with van der Waals surface area (Å²) < 4.78 is 5.41. The Morgan fingerprint density at radius 2 is 1.96 bits per heavy atom. The third-order valence-electron chi connectivity index (χ3n) is 4.01. The van der Waals surface area contributed by atoms with Crippen molar-refractivity contribution in [3.8, 4) is 5.88 Å². The number of anilines is 3. The fourth-order valence-corrected chi connectivity index (χ4v) is 2.81. The molecule has 0 aliphatic carbocycles. The smallest absolute Gasteiger partial charge is 0.292 e. The van der Waals surface area contributed by atoms with E-state index in [0.29, 0.717) is 56.0 Å². The van der Waals surface area contributed by atoms with Crippen LogP contribution in [-0.4, -0.2) is 47.7 Å². The molecule has 0 spiro atoms. The van der Waals surface area contributed by atoms with E-state index in [1.54, 1.807) is 24.4 Å². The van der Waals surface area contributed by atoms with Crippen LogP contribution in [0.5, 0.6) is 5.88 Å². The highest BCUT2D eigenvalue weighted by Gasteiger charge is 2.25. The van der Waals surface area contributed by atoms with Gasteiger partial charge in [-0.15, -0.1) is 0 Å². The molecule has 9 nitrogen and oxygen atoms in total. The largest absolute Gasteiger partial charge is 0.478 e. The first-order valence-electron chi connectivity index (χ1n) is 8.08. The van der Waals surface area contributed by atoms with Crippen molar-refractivity contribution in [3.05, 3.63) is 40.6 Å². The van der Waals surface area contributed by atoms with Crippen LogP contribution in [0.4, 0.5) is 23.0 Å². The number of nitrogens with zero attached hydrogens (tertiary/aromatic N) is 5. The Morgan fingerprint density at radius 1 is 1.24 bits per heavy atom. The molecule has 0 amide bonds. The molecule has 1 aromatic carbocycles. The number of aromatic nitrogens is 2. The van der Waals surface area contributed by atoms with Gasteiger partial charge < -0.3 is 20.3 Å². The Labute approximate surface area is 145 Å². The molecule has 132 valence electrons. The zero-order valence-electron chi connectivity index (χ0n) is 14.0. The van der Waals surface area contributed by atoms with Gasteiger partial charge in [-0.25, -0.2) is 4.98 Å². The van der Waals surface area contributed by atoms with Crippen LogP contribution >= 0.6 is 0 Å². The lowest BCUT2D eigenvalue weighted by atomic mass is 10.2. The molecule has 9 heteroatoms. The fourth-order valence-electron chi connectivity index (χ4n) is 2.81. The van der Waals surface area contributed by atoms with Gasteiger partial charge in [0.15, 0.2) is 0 Å². The maximum absolute atomic E-state index is 11.3. The maximum atomic E-state index is 11.3. The topological polar surface area (TPSA) is 111 Å². The van der Waals surface area contributed by atoms with Crippen LogP contribution in [0, 0.1) is 10.1 Å². The monoisotopic (exact) mass is 344 g/mol. The van der Waals surface area contributed by atoms with Crippen molar-refractivity contribution in [1.82, 2.24) is 9.97 Å². The summed E-state index contributed by atoms with van der Waals surface area (Å²) in [6.45, 7) is 4.99. The Morgan fingerprint density at radius 3 is 2.64 bits per heavy atom. The highest BCUT2D eigenvalue weighted by molar-refractivity contribution is 5.69. The van der Waals surface area contributed by atoms with Gasteiger partial charge >= 0.3 is 0 Å². The Balaban J connectivity index is 1.73. The summed E-state index contributed by atoms with van der Waals surface area (Å²) in [6, 6.07) is 6.37. The number of piperazine rings is 1. The van der Waals surface area contributed by atoms with Crippen LogP contribution in [0.15, 0.2) is 30.5 Å². The highest BCUT2D eigenvalue weighted by Crippen LogP contribution is 2.31. The Bertz CT molecular complexity index is 761. The molecule has 0 radical (unpaired) electrons. The van der Waals surface area contributed by atoms with E-state index in [1.807, 2.05) is 16.7 Å². The first-order valence-corrected chi connectivity index (χ1v) is 8.08. The summed E-state index contributed by atoms with van der Waals surface area (Å²) in [4.78, 5) is 23.6. The average molecular weight is 344 g/mol. The molecular weight excluding hydrogens is 324 g/mol. The van der Waals surface area contributed by atoms with Gasteiger partial charge in [0.2, 0.25) is 11.8 Å². The van der Waals surface area contributed by atoms with Gasteiger partial charge in [0.25, 0.3) is 5.69 Å². The Hall–Kier alpha value is -3.10. The van der Waals surface area contributed by atoms with E-state index in [-0.39, 0.29) is 10.6 Å². The third kappa shape index (κ3) is 3.70. The van der Waals surface area contributed by atoms with E-state index < -0.39 is 0 Å². The van der Waals surface area contributed by atoms with Gasteiger partial charge in [0.05, 0.1) is 11.5 Å². The Kier molecular flexibility index (Phi) is 4.82. The van der Waals surface area contributed by atoms with E-state index in [0.717, 1.165) is 0 Å². The molecule has 2 N–H and O–H groups in total. The SMILES string of the molecule is CCOc1ccnc(N2CCN(c3cc(N)ccc3[N+](=O)[O-])CC2)n1. The first kappa shape index (κ1) is 16.7. The minimum atomic E-state index is -0.379. The lowest BCUT2D eigenvalue weighted by Gasteiger charge is -2.35. The van der Waals surface area contributed by atoms with E-state index >= 15 is 0 Å². The average Bonchev–Trinajstić information content (AvgIpc) is 2.62. The number of hydrogen-bond donors (Lipinski definition) is 1. The van der Waals surface area contributed by atoms with Gasteiger partial charge in [-0.2, -0.15) is 4.98 Å². The molecule has 1 saturated heterocycles. The quantitative estimate of drug-likeness (QED) is 0.495. The van der Waals surface area contributed by atoms with Crippen LogP contribution in [0.25, 0.3) is 0 Å². The predicted molar refractivity (Wildman–Crippen MR) is 95.1 cm³/mol. The van der Waals surface area contributed by atoms with Crippen LogP contribution in [-0.2, 0) is 0 Å². The van der Waals surface area contributed by atoms with E-state index in [4.69, 9.17) is 10.5 Å². The van der Waals surface area contributed by atoms with Gasteiger partial charge in [-0.3, -0.25) is 10.1 Å². The first-order chi connectivity index (χ1) is 12.1. The summed E-state index contributed by atoms with van der Waals surface area (Å²) in [5.74, 6) is 1.15. The third-order valence-corrected chi connectivity index (χ3v) is 4.01. The van der Waals surface area contributed by atoms with Crippen LogP contribution in [0.1, 0.15) is 6.92 Å². The molecule has 2 aromatic rings. The minimum absolute atomic E-state index is 0.0669. The summed E-state index contributed by atoms with van der Waals surface area (Å²) >= 11 is 0. The maximum Gasteiger partial charge on any atom is 0.292 e. The number of rotatable bonds is 5. The molecule has 2 heterocycles. The van der Waals surface area contributed by atoms with Gasteiger partial charge in [0, 0.05) is 50.2 Å². The number of nitrogens with two attached hydrogens (primary N) is 1. The molecule has 3 rings (SSSR count). The molecule has 1 aliphatic rings. The molecule has 0 bridgehead atoms. The molecule has 1 aromatic heterocycles. The molecule has 0 saturated carbocycles. The molecule has 1 fully saturated rings. The second-order valence-corrected chi connectivity index (χ2v) is 5.61. The van der Waals surface area contributed by atoms with Crippen molar-refractivity contribution in [1.29, 1.82) is 0 Å². The zero-order chi connectivity index (χ0) is 17.8. The van der Waals surface area contributed by atoms with Crippen molar-refractivity contribution in [2.75, 3.05) is 48.3 Å². The van der Waals surface area contributed by atoms with Crippen molar-refractivity contribution in [3.63, 3.8) is 0 Å². The molecular formula is C16H20N6O3. The van der Waals surface area contributed by atoms with E-state index in [2.05, 4.69) is 9.97 Å². The van der Waals surface area contributed by atoms with E-state index in [1.165, 1.54) is 6.07 Å². The lowest BCUT2D eigenvalue weighted by Crippen LogP contribution is -2.47. The fraction of sp³-hybridized carbons (Fsp3) is 0.375. The number of nitrogen functional groups attached to an aromatic ring is 1. The predicted octanol–water partition coefficient (Wildman–Crippen LogP) is 1.69. The summed E-state index contributed by atoms with van der Waals surface area (Å²) in [5.41, 5.74) is 6.93. The van der Waals surface area contributed by atoms with Crippen molar-refractivity contribution < 1.29 is 9.66 Å².